The molecule has 0 radical (unpaired) electrons. The SMILES string of the molecule is Cc1cccc(C)c1OCC(=O)NCC1CCCCC1Nc1ncccn1. The van der Waals surface area contributed by atoms with Crippen LogP contribution in [0.2, 0.25) is 0 Å². The van der Waals surface area contributed by atoms with Gasteiger partial charge in [0, 0.05) is 25.0 Å². The van der Waals surface area contributed by atoms with E-state index in [0.717, 1.165) is 29.7 Å². The van der Waals surface area contributed by atoms with Crippen molar-refractivity contribution in [2.75, 3.05) is 18.5 Å². The third-order valence-electron chi connectivity index (χ3n) is 5.11. The van der Waals surface area contributed by atoms with Crippen LogP contribution in [0.5, 0.6) is 5.75 Å². The standard InChI is InChI=1S/C21H28N4O2/c1-15-7-5-8-16(2)20(15)27-14-19(26)24-13-17-9-3-4-10-18(17)25-21-22-11-6-12-23-21/h5-8,11-12,17-18H,3-4,9-10,13-14H2,1-2H3,(H,24,26)(H,22,23,25). The van der Waals surface area contributed by atoms with E-state index in [4.69, 9.17) is 4.74 Å². The lowest BCUT2D eigenvalue weighted by Gasteiger charge is -2.32. The minimum Gasteiger partial charge on any atom is -0.483 e. The molecule has 0 aliphatic heterocycles. The zero-order valence-corrected chi connectivity index (χ0v) is 16.1. The first-order valence-corrected chi connectivity index (χ1v) is 9.63. The van der Waals surface area contributed by atoms with Crippen LogP contribution >= 0.6 is 0 Å². The Morgan fingerprint density at radius 2 is 1.81 bits per heavy atom. The zero-order chi connectivity index (χ0) is 19.1. The number of aryl methyl sites for hydroxylation is 2. The maximum absolute atomic E-state index is 12.3. The van der Waals surface area contributed by atoms with Crippen molar-refractivity contribution < 1.29 is 9.53 Å². The number of nitrogens with zero attached hydrogens (tertiary/aromatic N) is 2. The van der Waals surface area contributed by atoms with E-state index in [0.29, 0.717) is 18.4 Å². The van der Waals surface area contributed by atoms with Gasteiger partial charge in [0.05, 0.1) is 0 Å². The molecule has 1 saturated carbocycles. The molecular weight excluding hydrogens is 340 g/mol. The summed E-state index contributed by atoms with van der Waals surface area (Å²) in [4.78, 5) is 20.8. The molecule has 1 amide bonds. The normalized spacial score (nSPS) is 19.3. The molecule has 1 aromatic heterocycles. The molecule has 1 aliphatic carbocycles. The molecule has 2 unspecified atom stereocenters. The van der Waals surface area contributed by atoms with Crippen LogP contribution in [-0.4, -0.2) is 35.1 Å². The van der Waals surface area contributed by atoms with Crippen LogP contribution in [0.4, 0.5) is 5.95 Å². The van der Waals surface area contributed by atoms with Gasteiger partial charge in [0.15, 0.2) is 6.61 Å². The van der Waals surface area contributed by atoms with Crippen LogP contribution < -0.4 is 15.4 Å². The van der Waals surface area contributed by atoms with E-state index in [-0.39, 0.29) is 18.6 Å². The molecule has 2 aromatic rings. The van der Waals surface area contributed by atoms with Crippen molar-refractivity contribution in [3.63, 3.8) is 0 Å². The third-order valence-corrected chi connectivity index (χ3v) is 5.11. The number of amides is 1. The van der Waals surface area contributed by atoms with Crippen molar-refractivity contribution in [1.29, 1.82) is 0 Å². The van der Waals surface area contributed by atoms with Crippen molar-refractivity contribution in [3.05, 3.63) is 47.8 Å². The van der Waals surface area contributed by atoms with Gasteiger partial charge in [-0.15, -0.1) is 0 Å². The topological polar surface area (TPSA) is 76.1 Å². The van der Waals surface area contributed by atoms with Crippen molar-refractivity contribution in [1.82, 2.24) is 15.3 Å². The van der Waals surface area contributed by atoms with Gasteiger partial charge in [-0.25, -0.2) is 9.97 Å². The number of para-hydroxylation sites is 1. The molecule has 27 heavy (non-hydrogen) atoms. The maximum atomic E-state index is 12.3. The molecule has 1 aliphatic rings. The number of ether oxygens (including phenoxy) is 1. The highest BCUT2D eigenvalue weighted by molar-refractivity contribution is 5.77. The van der Waals surface area contributed by atoms with Crippen LogP contribution in [0.3, 0.4) is 0 Å². The van der Waals surface area contributed by atoms with Crippen molar-refractivity contribution in [2.45, 2.75) is 45.6 Å². The number of nitrogens with one attached hydrogen (secondary N) is 2. The second-order valence-electron chi connectivity index (χ2n) is 7.18. The van der Waals surface area contributed by atoms with Crippen LogP contribution in [0.25, 0.3) is 0 Å². The molecule has 144 valence electrons. The Morgan fingerprint density at radius 3 is 2.56 bits per heavy atom. The third kappa shape index (κ3) is 5.42. The highest BCUT2D eigenvalue weighted by Gasteiger charge is 2.26. The smallest absolute Gasteiger partial charge is 0.257 e. The number of carbonyl (C=O) groups is 1. The van der Waals surface area contributed by atoms with E-state index in [1.807, 2.05) is 32.0 Å². The molecule has 1 fully saturated rings. The van der Waals surface area contributed by atoms with Crippen LogP contribution in [-0.2, 0) is 4.79 Å². The maximum Gasteiger partial charge on any atom is 0.257 e. The lowest BCUT2D eigenvalue weighted by Crippen LogP contribution is -2.41. The summed E-state index contributed by atoms with van der Waals surface area (Å²) in [6.07, 6.45) is 8.00. The van der Waals surface area contributed by atoms with E-state index in [1.165, 1.54) is 12.8 Å². The molecule has 2 atom stereocenters. The quantitative estimate of drug-likeness (QED) is 0.784. The zero-order valence-electron chi connectivity index (χ0n) is 16.1. The van der Waals surface area contributed by atoms with Gasteiger partial charge in [-0.3, -0.25) is 4.79 Å². The van der Waals surface area contributed by atoms with Crippen molar-refractivity contribution in [3.8, 4) is 5.75 Å². The summed E-state index contributed by atoms with van der Waals surface area (Å²) in [5.74, 6) is 1.73. The number of hydrogen-bond donors (Lipinski definition) is 2. The van der Waals surface area contributed by atoms with Gasteiger partial charge in [-0.2, -0.15) is 0 Å². The van der Waals surface area contributed by atoms with E-state index in [2.05, 4.69) is 20.6 Å². The monoisotopic (exact) mass is 368 g/mol. The van der Waals surface area contributed by atoms with Crippen LogP contribution in [0.15, 0.2) is 36.7 Å². The molecule has 1 aromatic carbocycles. The minimum atomic E-state index is -0.0852. The summed E-state index contributed by atoms with van der Waals surface area (Å²) in [6.45, 7) is 4.66. The highest BCUT2D eigenvalue weighted by Crippen LogP contribution is 2.26. The van der Waals surface area contributed by atoms with E-state index >= 15 is 0 Å². The molecule has 2 N–H and O–H groups in total. The van der Waals surface area contributed by atoms with Gasteiger partial charge in [0.1, 0.15) is 5.75 Å². The average molecular weight is 368 g/mol. The molecule has 6 heteroatoms. The highest BCUT2D eigenvalue weighted by atomic mass is 16.5. The summed E-state index contributed by atoms with van der Waals surface area (Å²) in [6, 6.07) is 8.06. The van der Waals surface area contributed by atoms with Gasteiger partial charge in [0.25, 0.3) is 5.91 Å². The van der Waals surface area contributed by atoms with E-state index in [1.54, 1.807) is 18.5 Å². The lowest BCUT2D eigenvalue weighted by molar-refractivity contribution is -0.123. The first-order valence-electron chi connectivity index (χ1n) is 9.63. The summed E-state index contributed by atoms with van der Waals surface area (Å²) < 4.78 is 5.74. The second kappa shape index (κ2) is 9.35. The van der Waals surface area contributed by atoms with Gasteiger partial charge in [-0.1, -0.05) is 31.0 Å². The Labute approximate surface area is 160 Å². The van der Waals surface area contributed by atoms with Crippen molar-refractivity contribution in [2.24, 2.45) is 5.92 Å². The lowest BCUT2D eigenvalue weighted by atomic mass is 9.84. The second-order valence-corrected chi connectivity index (χ2v) is 7.18. The van der Waals surface area contributed by atoms with Crippen molar-refractivity contribution >= 4 is 11.9 Å². The van der Waals surface area contributed by atoms with Gasteiger partial charge < -0.3 is 15.4 Å². The van der Waals surface area contributed by atoms with E-state index in [9.17, 15) is 4.79 Å². The van der Waals surface area contributed by atoms with Gasteiger partial charge in [-0.05, 0) is 49.8 Å². The predicted octanol–water partition coefficient (Wildman–Crippen LogP) is 3.26. The Bertz CT molecular complexity index is 731. The summed E-state index contributed by atoms with van der Waals surface area (Å²) in [5.41, 5.74) is 2.09. The number of rotatable bonds is 7. The molecule has 6 nitrogen and oxygen atoms in total. The van der Waals surface area contributed by atoms with Gasteiger partial charge >= 0.3 is 0 Å². The predicted molar refractivity (Wildman–Crippen MR) is 106 cm³/mol. The molecule has 1 heterocycles. The number of benzene rings is 1. The van der Waals surface area contributed by atoms with Gasteiger partial charge in [0.2, 0.25) is 5.95 Å². The Morgan fingerprint density at radius 1 is 1.11 bits per heavy atom. The molecule has 0 bridgehead atoms. The number of anilines is 1. The Hall–Kier alpha value is -2.63. The number of carbonyl (C=O) groups excluding carboxylic acids is 1. The fraction of sp³-hybridized carbons (Fsp3) is 0.476. The Balaban J connectivity index is 1.49. The first kappa shape index (κ1) is 19.1. The molecule has 3 rings (SSSR count). The average Bonchev–Trinajstić information content (AvgIpc) is 2.68. The first-order chi connectivity index (χ1) is 13.1. The summed E-state index contributed by atoms with van der Waals surface area (Å²) in [7, 11) is 0. The minimum absolute atomic E-state index is 0.0400. The number of hydrogen-bond acceptors (Lipinski definition) is 5. The summed E-state index contributed by atoms with van der Waals surface area (Å²) in [5, 5.41) is 6.46. The fourth-order valence-electron chi connectivity index (χ4n) is 3.64. The van der Waals surface area contributed by atoms with E-state index < -0.39 is 0 Å². The number of aromatic nitrogens is 2. The van der Waals surface area contributed by atoms with Crippen LogP contribution in [0.1, 0.15) is 36.8 Å². The fourth-order valence-corrected chi connectivity index (χ4v) is 3.64. The molecule has 0 spiro atoms. The summed E-state index contributed by atoms with van der Waals surface area (Å²) >= 11 is 0. The molecular formula is C21H28N4O2. The Kier molecular flexibility index (Phi) is 6.63. The molecule has 0 saturated heterocycles. The largest absolute Gasteiger partial charge is 0.483 e. The van der Waals surface area contributed by atoms with Crippen LogP contribution in [0, 0.1) is 19.8 Å².